The molecule has 170 valence electrons. The Morgan fingerprint density at radius 2 is 1.52 bits per heavy atom. The number of hydrogen-bond donors (Lipinski definition) is 0. The molecule has 0 unspecified atom stereocenters. The minimum absolute atomic E-state index is 0.0577. The van der Waals surface area contributed by atoms with Gasteiger partial charge in [0.2, 0.25) is 5.91 Å². The molecule has 1 atom stereocenters. The first kappa shape index (κ1) is 24.9. The highest BCUT2D eigenvalue weighted by molar-refractivity contribution is 7.87. The third kappa shape index (κ3) is 7.98. The molecule has 31 heavy (non-hydrogen) atoms. The monoisotopic (exact) mass is 449 g/mol. The normalized spacial score (nSPS) is 12.4. The van der Waals surface area contributed by atoms with Crippen LogP contribution in [0.5, 0.6) is 5.75 Å². The van der Waals surface area contributed by atoms with Crippen molar-refractivity contribution in [2.24, 2.45) is 5.92 Å². The molecule has 2 aromatic rings. The van der Waals surface area contributed by atoms with Crippen LogP contribution in [-0.2, 0) is 28.0 Å². The lowest BCUT2D eigenvalue weighted by molar-refractivity contribution is -0.137. The minimum Gasteiger partial charge on any atom is -0.382 e. The summed E-state index contributed by atoms with van der Waals surface area (Å²) in [7, 11) is -3.58. The third-order valence-corrected chi connectivity index (χ3v) is 6.37. The number of amides is 1. The number of nitrogens with zero attached hydrogens (tertiary/aromatic N) is 1. The topological polar surface area (TPSA) is 63.7 Å². The predicted molar refractivity (Wildman–Crippen MR) is 120 cm³/mol. The zero-order valence-corrected chi connectivity index (χ0v) is 19.3. The molecule has 1 amide bonds. The van der Waals surface area contributed by atoms with Gasteiger partial charge < -0.3 is 9.08 Å². The van der Waals surface area contributed by atoms with Crippen molar-refractivity contribution in [3.8, 4) is 5.75 Å². The summed E-state index contributed by atoms with van der Waals surface area (Å²) < 4.78 is 41.6. The lowest BCUT2D eigenvalue weighted by atomic mass is 9.97. The Balaban J connectivity index is 2.20. The highest BCUT2D eigenvalue weighted by Gasteiger charge is 2.23. The maximum Gasteiger partial charge on any atom is 0.308 e. The van der Waals surface area contributed by atoms with Gasteiger partial charge in [-0.15, -0.1) is 0 Å². The van der Waals surface area contributed by atoms with Gasteiger partial charge >= 0.3 is 10.1 Å². The van der Waals surface area contributed by atoms with Gasteiger partial charge in [-0.3, -0.25) is 4.79 Å². The fourth-order valence-electron chi connectivity index (χ4n) is 3.31. The number of carbonyl (C=O) groups excluding carboxylic acids is 1. The lowest BCUT2D eigenvalue weighted by Gasteiger charge is -2.27. The largest absolute Gasteiger partial charge is 0.382 e. The zero-order valence-electron chi connectivity index (χ0n) is 18.5. The molecule has 2 rings (SSSR count). The molecule has 0 N–H and O–H groups in total. The van der Waals surface area contributed by atoms with Crippen molar-refractivity contribution >= 4 is 16.0 Å². The average molecular weight is 450 g/mol. The molecule has 0 spiro atoms. The highest BCUT2D eigenvalue weighted by Crippen LogP contribution is 2.21. The number of unbranched alkanes of at least 4 members (excludes halogenated alkanes) is 1. The number of rotatable bonds is 12. The van der Waals surface area contributed by atoms with Crippen molar-refractivity contribution in [2.45, 2.75) is 59.5 Å². The Morgan fingerprint density at radius 1 is 0.968 bits per heavy atom. The van der Waals surface area contributed by atoms with Crippen LogP contribution in [0.3, 0.4) is 0 Å². The molecule has 0 aliphatic carbocycles. The Morgan fingerprint density at radius 3 is 2.00 bits per heavy atom. The number of carbonyl (C=O) groups is 1. The van der Waals surface area contributed by atoms with E-state index in [0.717, 1.165) is 36.8 Å². The van der Waals surface area contributed by atoms with Crippen LogP contribution in [0.1, 0.15) is 57.6 Å². The van der Waals surface area contributed by atoms with E-state index in [0.29, 0.717) is 13.1 Å². The second-order valence-corrected chi connectivity index (χ2v) is 9.50. The van der Waals surface area contributed by atoms with E-state index in [-0.39, 0.29) is 29.1 Å². The molecule has 7 heteroatoms. The lowest BCUT2D eigenvalue weighted by Crippen LogP contribution is -2.35. The molecule has 5 nitrogen and oxygen atoms in total. The second-order valence-electron chi connectivity index (χ2n) is 7.64. The zero-order chi connectivity index (χ0) is 22.9. The van der Waals surface area contributed by atoms with Gasteiger partial charge in [0.05, 0.1) is 5.75 Å². The summed E-state index contributed by atoms with van der Waals surface area (Å²) in [5.74, 6) is -0.151. The van der Waals surface area contributed by atoms with E-state index >= 15 is 0 Å². The van der Waals surface area contributed by atoms with Crippen LogP contribution in [0.2, 0.25) is 0 Å². The quantitative estimate of drug-likeness (QED) is 0.413. The maximum atomic E-state index is 13.3. The number of hydrogen-bond acceptors (Lipinski definition) is 4. The van der Waals surface area contributed by atoms with Crippen LogP contribution in [0.15, 0.2) is 48.5 Å². The van der Waals surface area contributed by atoms with Crippen LogP contribution in [-0.4, -0.2) is 25.0 Å². The van der Waals surface area contributed by atoms with Gasteiger partial charge in [-0.1, -0.05) is 51.0 Å². The third-order valence-electron chi connectivity index (χ3n) is 5.22. The van der Waals surface area contributed by atoms with Gasteiger partial charge in [-0.25, -0.2) is 4.39 Å². The van der Waals surface area contributed by atoms with Crippen LogP contribution in [0.25, 0.3) is 0 Å². The molecule has 0 bridgehead atoms. The van der Waals surface area contributed by atoms with Crippen molar-refractivity contribution in [1.82, 2.24) is 4.90 Å². The molecule has 0 saturated heterocycles. The van der Waals surface area contributed by atoms with E-state index in [1.165, 1.54) is 19.1 Å². The first-order chi connectivity index (χ1) is 14.8. The van der Waals surface area contributed by atoms with Crippen molar-refractivity contribution in [2.75, 3.05) is 5.75 Å². The summed E-state index contributed by atoms with van der Waals surface area (Å²) in [5, 5.41) is 0. The van der Waals surface area contributed by atoms with Gasteiger partial charge in [-0.05, 0) is 55.2 Å². The summed E-state index contributed by atoms with van der Waals surface area (Å²) in [6.45, 7) is 6.40. The summed E-state index contributed by atoms with van der Waals surface area (Å²) in [6.07, 6.45) is 3.63. The highest BCUT2D eigenvalue weighted by atomic mass is 32.2. The van der Waals surface area contributed by atoms with Crippen molar-refractivity contribution < 1.29 is 21.8 Å². The minimum atomic E-state index is -3.58. The molecule has 0 fully saturated rings. The van der Waals surface area contributed by atoms with Gasteiger partial charge in [-0.2, -0.15) is 8.42 Å². The molecule has 0 radical (unpaired) electrons. The summed E-state index contributed by atoms with van der Waals surface area (Å²) in [4.78, 5) is 15.1. The van der Waals surface area contributed by atoms with Crippen LogP contribution < -0.4 is 4.18 Å². The van der Waals surface area contributed by atoms with Gasteiger partial charge in [0.1, 0.15) is 11.6 Å². The van der Waals surface area contributed by atoms with E-state index in [9.17, 15) is 17.6 Å². The van der Waals surface area contributed by atoms with Gasteiger partial charge in [0, 0.05) is 19.0 Å². The first-order valence-electron chi connectivity index (χ1n) is 10.8. The molecule has 0 saturated carbocycles. The molecular formula is C24H32FNO4S. The van der Waals surface area contributed by atoms with Crippen molar-refractivity contribution in [3.05, 3.63) is 65.5 Å². The molecule has 0 heterocycles. The molecular weight excluding hydrogens is 417 g/mol. The maximum absolute atomic E-state index is 13.3. The first-order valence-corrected chi connectivity index (χ1v) is 12.4. The van der Waals surface area contributed by atoms with Crippen molar-refractivity contribution in [1.29, 1.82) is 0 Å². The molecule has 0 aromatic heterocycles. The number of halogens is 1. The molecule has 0 aliphatic rings. The Hall–Kier alpha value is -2.41. The van der Waals surface area contributed by atoms with E-state index < -0.39 is 10.1 Å². The van der Waals surface area contributed by atoms with Gasteiger partial charge in [0.15, 0.2) is 0 Å². The second kappa shape index (κ2) is 11.8. The Bertz CT molecular complexity index is 927. The summed E-state index contributed by atoms with van der Waals surface area (Å²) in [5.41, 5.74) is 1.72. The fourth-order valence-corrected chi connectivity index (χ4v) is 3.83. The molecule has 2 aromatic carbocycles. The standard InChI is InChI=1S/C24H32FNO4S/c1-4-7-8-21(5-2)24(27)26(17-19-9-13-22(25)14-10-19)18-20-11-15-23(16-12-20)30-31(28,29)6-3/h9-16,21H,4-8,17-18H2,1-3H3/t21-/m1/s1. The van der Waals surface area contributed by atoms with E-state index in [1.807, 2.05) is 6.92 Å². The van der Waals surface area contributed by atoms with Crippen LogP contribution in [0, 0.1) is 11.7 Å². The summed E-state index contributed by atoms with van der Waals surface area (Å²) in [6, 6.07) is 12.9. The number of benzene rings is 2. The van der Waals surface area contributed by atoms with E-state index in [4.69, 9.17) is 4.18 Å². The molecule has 0 aliphatic heterocycles. The summed E-state index contributed by atoms with van der Waals surface area (Å²) >= 11 is 0. The Kier molecular flexibility index (Phi) is 9.49. The van der Waals surface area contributed by atoms with Crippen LogP contribution >= 0.6 is 0 Å². The average Bonchev–Trinajstić information content (AvgIpc) is 2.76. The van der Waals surface area contributed by atoms with E-state index in [2.05, 4.69) is 6.92 Å². The SMILES string of the molecule is CCCC[C@@H](CC)C(=O)N(Cc1ccc(F)cc1)Cc1ccc(OS(=O)(=O)CC)cc1. The smallest absolute Gasteiger partial charge is 0.308 e. The fraction of sp³-hybridized carbons (Fsp3) is 0.458. The van der Waals surface area contributed by atoms with Gasteiger partial charge in [0.25, 0.3) is 0 Å². The van der Waals surface area contributed by atoms with Crippen molar-refractivity contribution in [3.63, 3.8) is 0 Å². The van der Waals surface area contributed by atoms with Crippen LogP contribution in [0.4, 0.5) is 4.39 Å². The Labute approximate surface area is 185 Å². The predicted octanol–water partition coefficient (Wildman–Crippen LogP) is 5.30. The van der Waals surface area contributed by atoms with E-state index in [1.54, 1.807) is 41.3 Å².